The van der Waals surface area contributed by atoms with E-state index in [1.165, 1.54) is 16.0 Å². The van der Waals surface area contributed by atoms with E-state index in [4.69, 9.17) is 20.6 Å². The Morgan fingerprint density at radius 3 is 2.53 bits per heavy atom. The molecule has 47 heavy (non-hydrogen) atoms. The van der Waals surface area contributed by atoms with E-state index in [-0.39, 0.29) is 57.6 Å². The second-order valence-corrected chi connectivity index (χ2v) is 11.0. The fourth-order valence-corrected chi connectivity index (χ4v) is 5.74. The van der Waals surface area contributed by atoms with Gasteiger partial charge < -0.3 is 34.6 Å². The predicted octanol–water partition coefficient (Wildman–Crippen LogP) is 2.38. The number of carbonyl (C=O) groups is 4. The zero-order valence-corrected chi connectivity index (χ0v) is 26.9. The third-order valence-electron chi connectivity index (χ3n) is 7.97. The van der Waals surface area contributed by atoms with Crippen LogP contribution in [0.15, 0.2) is 61.2 Å². The Morgan fingerprint density at radius 1 is 1.06 bits per heavy atom. The molecule has 2 N–H and O–H groups in total. The summed E-state index contributed by atoms with van der Waals surface area (Å²) in [4.78, 5) is 56.6. The smallest absolute Gasteiger partial charge is 0.407 e. The van der Waals surface area contributed by atoms with Gasteiger partial charge in [0.05, 0.1) is 33.9 Å². The topological polar surface area (TPSA) is 133 Å². The van der Waals surface area contributed by atoms with Crippen molar-refractivity contribution in [1.82, 2.24) is 30.5 Å². The van der Waals surface area contributed by atoms with Gasteiger partial charge in [0.15, 0.2) is 11.5 Å². The fourth-order valence-electron chi connectivity index (χ4n) is 5.74. The van der Waals surface area contributed by atoms with Gasteiger partial charge >= 0.3 is 12.1 Å². The molecule has 2 aromatic carbocycles. The normalized spacial score (nSPS) is 17.8. The van der Waals surface area contributed by atoms with Crippen molar-refractivity contribution in [3.8, 4) is 23.8 Å². The number of piperazine rings is 1. The summed E-state index contributed by atoms with van der Waals surface area (Å²) in [6.45, 7) is 4.35. The highest BCUT2D eigenvalue weighted by Gasteiger charge is 2.51. The number of rotatable bonds is 14. The minimum atomic E-state index is -0.866. The van der Waals surface area contributed by atoms with Crippen molar-refractivity contribution in [2.45, 2.75) is 38.0 Å². The number of hydrogen-bond donors (Lipinski definition) is 2. The van der Waals surface area contributed by atoms with Gasteiger partial charge in [-0.2, -0.15) is 5.01 Å². The lowest BCUT2D eigenvalue weighted by molar-refractivity contribution is -0.189. The molecule has 0 aliphatic carbocycles. The van der Waals surface area contributed by atoms with E-state index in [2.05, 4.69) is 23.1 Å². The molecule has 250 valence electrons. The number of carbonyl (C=O) groups excluding carboxylic acids is 4. The molecule has 5 amide bonds. The molecule has 2 saturated heterocycles. The highest BCUT2D eigenvalue weighted by Crippen LogP contribution is 2.30. The van der Waals surface area contributed by atoms with E-state index in [9.17, 15) is 19.2 Å². The molecule has 13 heteroatoms. The molecular formula is C34H42N6O7. The number of amides is 5. The second kappa shape index (κ2) is 16.9. The number of fused-ring (bicyclic) bond motifs is 1. The fraction of sp³-hybridized carbons (Fsp3) is 0.412. The van der Waals surface area contributed by atoms with Crippen LogP contribution in [-0.2, 0) is 27.3 Å². The van der Waals surface area contributed by atoms with Crippen LogP contribution in [0.2, 0.25) is 0 Å². The number of urea groups is 1. The van der Waals surface area contributed by atoms with Crippen LogP contribution in [0.1, 0.15) is 24.0 Å². The Kier molecular flexibility index (Phi) is 12.5. The molecule has 0 saturated carbocycles. The number of ether oxygens (including phenoxy) is 3. The average molecular weight is 647 g/mol. The van der Waals surface area contributed by atoms with Crippen LogP contribution < -0.4 is 20.1 Å². The zero-order valence-electron chi connectivity index (χ0n) is 26.9. The average Bonchev–Trinajstić information content (AvgIpc) is 3.08. The van der Waals surface area contributed by atoms with Gasteiger partial charge in [0.1, 0.15) is 18.8 Å². The van der Waals surface area contributed by atoms with Crippen LogP contribution in [0, 0.1) is 12.3 Å². The Labute approximate surface area is 275 Å². The van der Waals surface area contributed by atoms with E-state index < -0.39 is 24.3 Å². The lowest BCUT2D eigenvalue weighted by atomic mass is 10.0. The maximum absolute atomic E-state index is 14.0. The van der Waals surface area contributed by atoms with Crippen LogP contribution >= 0.6 is 0 Å². The molecule has 2 fully saturated rings. The molecule has 2 aliphatic heterocycles. The number of terminal acetylenes is 1. The minimum absolute atomic E-state index is 0.0236. The van der Waals surface area contributed by atoms with E-state index in [0.717, 1.165) is 11.1 Å². The van der Waals surface area contributed by atoms with E-state index in [1.54, 1.807) is 30.2 Å². The zero-order chi connectivity index (χ0) is 33.8. The Bertz CT molecular complexity index is 1460. The molecule has 2 atom stereocenters. The summed E-state index contributed by atoms with van der Waals surface area (Å²) in [7, 11) is 3.12. The summed E-state index contributed by atoms with van der Waals surface area (Å²) in [5, 5.41) is 8.61. The van der Waals surface area contributed by atoms with Crippen LogP contribution in [0.3, 0.4) is 0 Å². The van der Waals surface area contributed by atoms with Crippen molar-refractivity contribution >= 4 is 23.9 Å². The molecule has 2 aromatic rings. The van der Waals surface area contributed by atoms with Crippen molar-refractivity contribution in [2.75, 3.05) is 53.6 Å². The van der Waals surface area contributed by atoms with Gasteiger partial charge in [-0.3, -0.25) is 9.59 Å². The summed E-state index contributed by atoms with van der Waals surface area (Å²) in [5.74, 6) is 3.17. The molecule has 0 unspecified atom stereocenters. The molecule has 0 radical (unpaired) electrons. The van der Waals surface area contributed by atoms with Gasteiger partial charge in [-0.25, -0.2) is 14.6 Å². The van der Waals surface area contributed by atoms with Crippen molar-refractivity contribution < 1.29 is 33.4 Å². The summed E-state index contributed by atoms with van der Waals surface area (Å²) >= 11 is 0. The molecule has 0 aromatic heterocycles. The second-order valence-electron chi connectivity index (χ2n) is 11.0. The van der Waals surface area contributed by atoms with E-state index in [0.29, 0.717) is 30.9 Å². The molecule has 0 bridgehead atoms. The molecule has 13 nitrogen and oxygen atoms in total. The van der Waals surface area contributed by atoms with Crippen molar-refractivity contribution in [3.63, 3.8) is 0 Å². The van der Waals surface area contributed by atoms with Gasteiger partial charge in [-0.1, -0.05) is 55.0 Å². The number of hydrogen-bond acceptors (Lipinski definition) is 8. The van der Waals surface area contributed by atoms with Gasteiger partial charge in [0.25, 0.3) is 0 Å². The Balaban J connectivity index is 1.58. The minimum Gasteiger partial charge on any atom is -0.493 e. The van der Waals surface area contributed by atoms with Crippen LogP contribution in [0.4, 0.5) is 9.59 Å². The lowest BCUT2D eigenvalue weighted by Gasteiger charge is -2.55. The lowest BCUT2D eigenvalue weighted by Crippen LogP contribution is -2.76. The molecule has 4 rings (SSSR count). The summed E-state index contributed by atoms with van der Waals surface area (Å²) < 4.78 is 15.8. The highest BCUT2D eigenvalue weighted by molar-refractivity contribution is 5.91. The number of methoxy groups -OCH3 is 2. The molecule has 2 aliphatic rings. The first-order valence-corrected chi connectivity index (χ1v) is 15.4. The Hall–Kier alpha value is -5.22. The quantitative estimate of drug-likeness (QED) is 0.182. The van der Waals surface area contributed by atoms with Gasteiger partial charge in [0, 0.05) is 19.6 Å². The largest absolute Gasteiger partial charge is 0.493 e. The third-order valence-corrected chi connectivity index (χ3v) is 7.97. The first-order valence-electron chi connectivity index (χ1n) is 15.4. The summed E-state index contributed by atoms with van der Waals surface area (Å²) in [6, 6.07) is 13.7. The third kappa shape index (κ3) is 8.74. The monoisotopic (exact) mass is 646 g/mol. The van der Waals surface area contributed by atoms with E-state index in [1.807, 2.05) is 42.5 Å². The maximum Gasteiger partial charge on any atom is 0.407 e. The highest BCUT2D eigenvalue weighted by atomic mass is 16.5. The Morgan fingerprint density at radius 2 is 1.83 bits per heavy atom. The number of alkyl carbamates (subject to hydrolysis) is 1. The van der Waals surface area contributed by atoms with Crippen LogP contribution in [0.5, 0.6) is 11.5 Å². The first-order chi connectivity index (χ1) is 22.8. The number of nitrogens with one attached hydrogen (secondary N) is 2. The van der Waals surface area contributed by atoms with Crippen LogP contribution in [0.25, 0.3) is 0 Å². The summed E-state index contributed by atoms with van der Waals surface area (Å²) in [6.07, 6.45) is 6.84. The van der Waals surface area contributed by atoms with Gasteiger partial charge in [0.2, 0.25) is 11.8 Å². The summed E-state index contributed by atoms with van der Waals surface area (Å²) in [5.41, 5.74) is 1.82. The molecule has 2 heterocycles. The predicted molar refractivity (Wildman–Crippen MR) is 174 cm³/mol. The van der Waals surface area contributed by atoms with Crippen molar-refractivity contribution in [3.05, 3.63) is 72.3 Å². The first kappa shape index (κ1) is 34.6. The van der Waals surface area contributed by atoms with Crippen molar-refractivity contribution in [2.24, 2.45) is 0 Å². The number of benzene rings is 2. The number of hydrazine groups is 1. The maximum atomic E-state index is 14.0. The van der Waals surface area contributed by atoms with Gasteiger partial charge in [-0.15, -0.1) is 6.42 Å². The molecule has 0 spiro atoms. The number of nitrogens with zero attached hydrogens (tertiary/aromatic N) is 4. The standard InChI is InChI=1S/C34H42N6O7/c1-5-18-38-24-31(41)39-27(13-10-17-35-34(44)47-20-6-2)32(42)37(19-16-25-14-15-28(45-3)29(21-25)46-4)23-30(39)40(38)33(43)36-22-26-11-8-7-9-12-26/h1,6-9,11-12,14-15,21,27,30H,2,10,13,16-20,22-24H2,3-4H3,(H,35,44)(H,36,43)/t27-,30-/m0/s1. The van der Waals surface area contributed by atoms with Gasteiger partial charge in [-0.05, 0) is 42.5 Å². The van der Waals surface area contributed by atoms with E-state index >= 15 is 0 Å². The van der Waals surface area contributed by atoms with Crippen LogP contribution in [-0.4, -0.2) is 110 Å². The molecular weight excluding hydrogens is 604 g/mol. The van der Waals surface area contributed by atoms with Crippen molar-refractivity contribution in [1.29, 1.82) is 0 Å². The SMILES string of the molecule is C#CCN1CC(=O)N2[C@@H](CCCNC(=O)OCC=C)C(=O)N(CCc3ccc(OC)c(OC)c3)C[C@@H]2N1C(=O)NCc1ccccc1.